The second-order valence-electron chi connectivity index (χ2n) is 7.07. The van der Waals surface area contributed by atoms with Gasteiger partial charge in [-0.1, -0.05) is 33.8 Å². The largest absolute Gasteiger partial charge is 0.427 e. The van der Waals surface area contributed by atoms with E-state index in [4.69, 9.17) is 9.47 Å². The van der Waals surface area contributed by atoms with Crippen LogP contribution in [0.2, 0.25) is 11.1 Å². The average molecular weight is 387 g/mol. The van der Waals surface area contributed by atoms with Gasteiger partial charge in [-0.05, 0) is 29.3 Å². The van der Waals surface area contributed by atoms with Crippen molar-refractivity contribution in [2.45, 2.75) is 52.6 Å². The van der Waals surface area contributed by atoms with E-state index in [0.29, 0.717) is 11.5 Å². The Hall–Kier alpha value is -2.54. The molecular weight excluding hydrogens is 360 g/mol. The number of carbonyl (C=O) groups is 2. The first-order valence-electron chi connectivity index (χ1n) is 8.99. The Bertz CT molecular complexity index is 780. The smallest absolute Gasteiger partial charge is 0.308 e. The van der Waals surface area contributed by atoms with Crippen LogP contribution in [-0.2, 0) is 9.59 Å². The molecule has 0 amide bonds. The maximum absolute atomic E-state index is 11.8. The van der Waals surface area contributed by atoms with E-state index in [1.807, 2.05) is 0 Å². The molecule has 0 N–H and O–H groups in total. The van der Waals surface area contributed by atoms with Crippen LogP contribution in [0, 0.1) is 0 Å². The van der Waals surface area contributed by atoms with E-state index >= 15 is 0 Å². The molecule has 0 unspecified atom stereocenters. The molecule has 0 radical (unpaired) electrons. The number of ether oxygens (including phenoxy) is 2. The molecule has 1 heterocycles. The Morgan fingerprint density at radius 3 is 1.67 bits per heavy atom. The topological polar surface area (TPSA) is 78.4 Å². The van der Waals surface area contributed by atoms with Crippen molar-refractivity contribution in [2.75, 3.05) is 0 Å². The summed E-state index contributed by atoms with van der Waals surface area (Å²) in [5.74, 6) is -0.0493. The minimum Gasteiger partial charge on any atom is -0.427 e. The summed E-state index contributed by atoms with van der Waals surface area (Å²) in [5, 5.41) is 0.742. The summed E-state index contributed by atoms with van der Waals surface area (Å²) in [6, 6.07) is 6.96. The van der Waals surface area contributed by atoms with Crippen molar-refractivity contribution in [3.05, 3.63) is 36.7 Å². The molecule has 2 aromatic rings. The van der Waals surface area contributed by atoms with Gasteiger partial charge in [0.05, 0.1) is 0 Å². The highest BCUT2D eigenvalue weighted by Gasteiger charge is 2.50. The van der Waals surface area contributed by atoms with E-state index in [9.17, 15) is 9.59 Å². The number of carbonyl (C=O) groups excluding carboxylic acids is 2. The van der Waals surface area contributed by atoms with E-state index in [1.165, 1.54) is 13.8 Å². The summed E-state index contributed by atoms with van der Waals surface area (Å²) >= 11 is 0. The van der Waals surface area contributed by atoms with Gasteiger partial charge in [0, 0.05) is 31.4 Å². The molecule has 6 nitrogen and oxygen atoms in total. The van der Waals surface area contributed by atoms with Crippen LogP contribution in [0.15, 0.2) is 36.7 Å². The lowest BCUT2D eigenvalue weighted by Gasteiger charge is -2.39. The highest BCUT2D eigenvalue weighted by Crippen LogP contribution is 2.36. The summed E-state index contributed by atoms with van der Waals surface area (Å²) in [4.78, 5) is 32.7. The summed E-state index contributed by atoms with van der Waals surface area (Å²) in [5.41, 5.74) is 1.04. The molecule has 0 saturated heterocycles. The molecule has 1 aromatic carbocycles. The minimum absolute atomic E-state index is 0.158. The number of hydrogen-bond acceptors (Lipinski definition) is 6. The SMILES string of the molecule is CC(=O)Oc1cccc(OC(C)=O)c1[Si](c1ncccn1)(C(C)C)C(C)C. The highest BCUT2D eigenvalue weighted by molar-refractivity contribution is 7.04. The summed E-state index contributed by atoms with van der Waals surface area (Å²) in [7, 11) is -2.70. The Balaban J connectivity index is 2.93. The van der Waals surface area contributed by atoms with E-state index in [-0.39, 0.29) is 11.1 Å². The fraction of sp³-hybridized carbons (Fsp3) is 0.400. The van der Waals surface area contributed by atoms with Gasteiger partial charge in [-0.25, -0.2) is 9.97 Å². The molecule has 27 heavy (non-hydrogen) atoms. The zero-order chi connectivity index (χ0) is 20.2. The van der Waals surface area contributed by atoms with Gasteiger partial charge in [-0.2, -0.15) is 0 Å². The number of hydrogen-bond donors (Lipinski definition) is 0. The van der Waals surface area contributed by atoms with Gasteiger partial charge in [-0.15, -0.1) is 0 Å². The molecule has 0 spiro atoms. The van der Waals surface area contributed by atoms with Gasteiger partial charge in [-0.3, -0.25) is 9.59 Å². The van der Waals surface area contributed by atoms with Gasteiger partial charge in [0.25, 0.3) is 0 Å². The van der Waals surface area contributed by atoms with Crippen molar-refractivity contribution in [1.29, 1.82) is 0 Å². The first-order valence-corrected chi connectivity index (χ1v) is 11.1. The molecule has 0 fully saturated rings. The molecule has 0 bridgehead atoms. The summed E-state index contributed by atoms with van der Waals surface area (Å²) in [6.07, 6.45) is 3.43. The molecule has 0 aliphatic carbocycles. The van der Waals surface area contributed by atoms with Crippen LogP contribution in [-0.4, -0.2) is 30.0 Å². The predicted molar refractivity (Wildman–Crippen MR) is 106 cm³/mol. The number of benzene rings is 1. The maximum Gasteiger partial charge on any atom is 0.308 e. The van der Waals surface area contributed by atoms with Crippen molar-refractivity contribution >= 4 is 30.6 Å². The van der Waals surface area contributed by atoms with Gasteiger partial charge in [0.1, 0.15) is 16.9 Å². The standard InChI is InChI=1S/C20H26N2O4Si/c1-13(2)27(14(3)4,20-21-11-8-12-22-20)19-17(25-15(5)23)9-7-10-18(19)26-16(6)24/h7-14H,1-6H3. The van der Waals surface area contributed by atoms with E-state index in [1.54, 1.807) is 36.7 Å². The molecule has 7 heteroatoms. The Kier molecular flexibility index (Phi) is 6.48. The number of nitrogens with zero attached hydrogens (tertiary/aromatic N) is 2. The second kappa shape index (κ2) is 8.43. The minimum atomic E-state index is -2.70. The Labute approximate surface area is 161 Å². The van der Waals surface area contributed by atoms with Crippen LogP contribution in [0.3, 0.4) is 0 Å². The molecule has 0 atom stereocenters. The van der Waals surface area contributed by atoms with Gasteiger partial charge >= 0.3 is 11.9 Å². The zero-order valence-corrected chi connectivity index (χ0v) is 17.6. The number of rotatable bonds is 6. The van der Waals surface area contributed by atoms with Crippen LogP contribution < -0.4 is 20.1 Å². The monoisotopic (exact) mass is 386 g/mol. The predicted octanol–water partition coefficient (Wildman–Crippen LogP) is 2.71. The maximum atomic E-state index is 11.8. The fourth-order valence-electron chi connectivity index (χ4n) is 3.78. The lowest BCUT2D eigenvalue weighted by Crippen LogP contribution is -2.65. The van der Waals surface area contributed by atoms with Gasteiger partial charge in [0.15, 0.2) is 8.07 Å². The second-order valence-corrected chi connectivity index (χ2v) is 12.1. The first kappa shape index (κ1) is 20.8. The third-order valence-corrected chi connectivity index (χ3v) is 10.6. The molecule has 144 valence electrons. The highest BCUT2D eigenvalue weighted by atomic mass is 28.3. The van der Waals surface area contributed by atoms with Crippen molar-refractivity contribution in [1.82, 2.24) is 9.97 Å². The zero-order valence-electron chi connectivity index (χ0n) is 16.6. The van der Waals surface area contributed by atoms with E-state index in [2.05, 4.69) is 37.7 Å². The molecule has 0 aliphatic heterocycles. The third kappa shape index (κ3) is 4.08. The Morgan fingerprint density at radius 2 is 1.30 bits per heavy atom. The van der Waals surface area contributed by atoms with Crippen molar-refractivity contribution < 1.29 is 19.1 Å². The summed E-state index contributed by atoms with van der Waals surface area (Å²) < 4.78 is 11.1. The van der Waals surface area contributed by atoms with Crippen LogP contribution in [0.25, 0.3) is 0 Å². The van der Waals surface area contributed by atoms with E-state index < -0.39 is 20.0 Å². The summed E-state index contributed by atoms with van der Waals surface area (Å²) in [6.45, 7) is 11.2. The van der Waals surface area contributed by atoms with Crippen LogP contribution in [0.5, 0.6) is 11.5 Å². The van der Waals surface area contributed by atoms with Gasteiger partial charge in [0.2, 0.25) is 0 Å². The quantitative estimate of drug-likeness (QED) is 0.431. The van der Waals surface area contributed by atoms with Crippen molar-refractivity contribution in [2.24, 2.45) is 0 Å². The first-order chi connectivity index (χ1) is 12.7. The molecule has 2 rings (SSSR count). The van der Waals surface area contributed by atoms with Crippen molar-refractivity contribution in [3.63, 3.8) is 0 Å². The fourth-order valence-corrected chi connectivity index (χ4v) is 9.19. The molecule has 0 saturated carbocycles. The van der Waals surface area contributed by atoms with Crippen LogP contribution in [0.4, 0.5) is 0 Å². The van der Waals surface area contributed by atoms with Gasteiger partial charge < -0.3 is 9.47 Å². The van der Waals surface area contributed by atoms with Crippen molar-refractivity contribution in [3.8, 4) is 11.5 Å². The third-order valence-electron chi connectivity index (χ3n) is 4.67. The Morgan fingerprint density at radius 1 is 0.852 bits per heavy atom. The molecular formula is C20H26N2O4Si. The van der Waals surface area contributed by atoms with Crippen LogP contribution in [0.1, 0.15) is 41.5 Å². The normalized spacial score (nSPS) is 11.6. The lowest BCUT2D eigenvalue weighted by atomic mass is 10.3. The average Bonchev–Trinajstić information content (AvgIpc) is 2.57. The van der Waals surface area contributed by atoms with Crippen LogP contribution >= 0.6 is 0 Å². The molecule has 1 aromatic heterocycles. The molecule has 0 aliphatic rings. The lowest BCUT2D eigenvalue weighted by molar-refractivity contribution is -0.132. The number of esters is 2. The van der Waals surface area contributed by atoms with E-state index in [0.717, 1.165) is 10.6 Å². The number of aromatic nitrogens is 2.